The van der Waals surface area contributed by atoms with Gasteiger partial charge in [-0.2, -0.15) is 0 Å². The first kappa shape index (κ1) is 12.9. The molecule has 0 spiro atoms. The maximum atomic E-state index is 12.4. The van der Waals surface area contributed by atoms with Gasteiger partial charge in [-0.15, -0.1) is 0 Å². The third-order valence-corrected chi connectivity index (χ3v) is 3.96. The molecule has 1 aromatic rings. The fourth-order valence-corrected chi connectivity index (χ4v) is 2.27. The van der Waals surface area contributed by atoms with Crippen molar-refractivity contribution in [1.29, 1.82) is 0 Å². The minimum Gasteiger partial charge on any atom is -0.384 e. The number of fused-ring (bicyclic) bond motifs is 1. The highest BCUT2D eigenvalue weighted by Crippen LogP contribution is 2.24. The lowest BCUT2D eigenvalue weighted by atomic mass is 10.0. The van der Waals surface area contributed by atoms with Gasteiger partial charge in [-0.25, -0.2) is 0 Å². The van der Waals surface area contributed by atoms with Crippen molar-refractivity contribution in [3.63, 3.8) is 0 Å². The van der Waals surface area contributed by atoms with Gasteiger partial charge in [0.15, 0.2) is 0 Å². The Kier molecular flexibility index (Phi) is 3.60. The molecule has 1 atom stereocenters. The summed E-state index contributed by atoms with van der Waals surface area (Å²) in [5, 5.41) is 3.31. The highest BCUT2D eigenvalue weighted by molar-refractivity contribution is 5.95. The molecule has 0 aromatic heterocycles. The highest BCUT2D eigenvalue weighted by Gasteiger charge is 2.21. The van der Waals surface area contributed by atoms with Gasteiger partial charge in [0.25, 0.3) is 5.91 Å². The normalized spacial score (nSPS) is 15.2. The Hall–Kier alpha value is -1.51. The lowest BCUT2D eigenvalue weighted by Gasteiger charge is -2.28. The maximum Gasteiger partial charge on any atom is 0.253 e. The number of amides is 1. The molecule has 0 saturated heterocycles. The summed E-state index contributed by atoms with van der Waals surface area (Å²) < 4.78 is 0. The summed E-state index contributed by atoms with van der Waals surface area (Å²) in [6, 6.07) is 6.22. The average molecular weight is 246 g/mol. The van der Waals surface area contributed by atoms with Crippen LogP contribution in [0, 0.1) is 5.92 Å². The number of nitrogens with one attached hydrogen (secondary N) is 1. The van der Waals surface area contributed by atoms with Crippen molar-refractivity contribution in [3.8, 4) is 0 Å². The summed E-state index contributed by atoms with van der Waals surface area (Å²) >= 11 is 0. The molecule has 18 heavy (non-hydrogen) atoms. The zero-order valence-electron chi connectivity index (χ0n) is 11.7. The van der Waals surface area contributed by atoms with Crippen LogP contribution in [0.5, 0.6) is 0 Å². The maximum absolute atomic E-state index is 12.4. The van der Waals surface area contributed by atoms with Crippen molar-refractivity contribution >= 4 is 11.6 Å². The second-order valence-electron chi connectivity index (χ2n) is 5.45. The molecule has 3 nitrogen and oxygen atoms in total. The van der Waals surface area contributed by atoms with E-state index in [1.165, 1.54) is 11.3 Å². The fraction of sp³-hybridized carbons (Fsp3) is 0.533. The third kappa shape index (κ3) is 2.35. The van der Waals surface area contributed by atoms with Crippen molar-refractivity contribution < 1.29 is 4.79 Å². The van der Waals surface area contributed by atoms with Gasteiger partial charge in [0.2, 0.25) is 0 Å². The molecule has 1 aromatic carbocycles. The van der Waals surface area contributed by atoms with Crippen LogP contribution in [0.15, 0.2) is 18.2 Å². The van der Waals surface area contributed by atoms with Crippen LogP contribution in [-0.4, -0.2) is 30.4 Å². The Balaban J connectivity index is 2.19. The second-order valence-corrected chi connectivity index (χ2v) is 5.45. The van der Waals surface area contributed by atoms with Gasteiger partial charge in [-0.1, -0.05) is 13.8 Å². The number of anilines is 1. The van der Waals surface area contributed by atoms with Crippen LogP contribution in [0.25, 0.3) is 0 Å². The Labute approximate surface area is 109 Å². The Morgan fingerprint density at radius 3 is 2.72 bits per heavy atom. The van der Waals surface area contributed by atoms with Crippen molar-refractivity contribution in [2.45, 2.75) is 33.2 Å². The average Bonchev–Trinajstić information content (AvgIpc) is 2.82. The van der Waals surface area contributed by atoms with E-state index < -0.39 is 0 Å². The van der Waals surface area contributed by atoms with Crippen LogP contribution in [0.4, 0.5) is 5.69 Å². The minimum atomic E-state index is 0.117. The quantitative estimate of drug-likeness (QED) is 0.889. The van der Waals surface area contributed by atoms with Crippen LogP contribution in [0.1, 0.15) is 36.7 Å². The summed E-state index contributed by atoms with van der Waals surface area (Å²) in [6.45, 7) is 7.35. The van der Waals surface area contributed by atoms with Crippen molar-refractivity contribution in [1.82, 2.24) is 4.90 Å². The number of hydrogen-bond acceptors (Lipinski definition) is 2. The van der Waals surface area contributed by atoms with E-state index in [9.17, 15) is 4.79 Å². The summed E-state index contributed by atoms with van der Waals surface area (Å²) in [4.78, 5) is 14.2. The Morgan fingerprint density at radius 1 is 1.33 bits per heavy atom. The molecule has 0 unspecified atom stereocenters. The zero-order valence-corrected chi connectivity index (χ0v) is 11.7. The standard InChI is InChI=1S/C15H22N2O/c1-10(2)11(3)17(4)15(18)13-5-6-14-12(9-13)7-8-16-14/h5-6,9-11,16H,7-8H2,1-4H3/t11-/m0/s1. The van der Waals surface area contributed by atoms with Crippen LogP contribution >= 0.6 is 0 Å². The van der Waals surface area contributed by atoms with Gasteiger partial charge < -0.3 is 10.2 Å². The lowest BCUT2D eigenvalue weighted by molar-refractivity contribution is 0.0707. The molecule has 0 fully saturated rings. The van der Waals surface area contributed by atoms with Gasteiger partial charge in [-0.05, 0) is 43.0 Å². The van der Waals surface area contributed by atoms with Crippen molar-refractivity contribution in [2.75, 3.05) is 18.9 Å². The third-order valence-electron chi connectivity index (χ3n) is 3.96. The number of nitrogens with zero attached hydrogens (tertiary/aromatic N) is 1. The molecule has 2 rings (SSSR count). The first-order valence-corrected chi connectivity index (χ1v) is 6.64. The van der Waals surface area contributed by atoms with E-state index in [4.69, 9.17) is 0 Å². The van der Waals surface area contributed by atoms with E-state index in [-0.39, 0.29) is 11.9 Å². The summed E-state index contributed by atoms with van der Waals surface area (Å²) in [5.74, 6) is 0.584. The van der Waals surface area contributed by atoms with E-state index >= 15 is 0 Å². The molecular weight excluding hydrogens is 224 g/mol. The monoisotopic (exact) mass is 246 g/mol. The van der Waals surface area contributed by atoms with Gasteiger partial charge in [0.05, 0.1) is 0 Å². The SMILES string of the molecule is CC(C)[C@H](C)N(C)C(=O)c1ccc2c(c1)CCN2. The van der Waals surface area contributed by atoms with Gasteiger partial charge in [-0.3, -0.25) is 4.79 Å². The van der Waals surface area contributed by atoms with Crippen molar-refractivity contribution in [3.05, 3.63) is 29.3 Å². The minimum absolute atomic E-state index is 0.117. The molecule has 1 aliphatic heterocycles. The van der Waals surface area contributed by atoms with Crippen LogP contribution in [0.2, 0.25) is 0 Å². The summed E-state index contributed by atoms with van der Waals surface area (Å²) in [5.41, 5.74) is 3.23. The zero-order chi connectivity index (χ0) is 13.3. The second kappa shape index (κ2) is 5.01. The predicted octanol–water partition coefficient (Wildman–Crippen LogP) is 2.77. The summed E-state index contributed by atoms with van der Waals surface area (Å²) in [6.07, 6.45) is 1.01. The molecule has 0 radical (unpaired) electrons. The van der Waals surface area contributed by atoms with E-state index in [1.54, 1.807) is 0 Å². The van der Waals surface area contributed by atoms with E-state index in [1.807, 2.05) is 30.1 Å². The van der Waals surface area contributed by atoms with Crippen molar-refractivity contribution in [2.24, 2.45) is 5.92 Å². The first-order chi connectivity index (χ1) is 8.50. The number of hydrogen-bond donors (Lipinski definition) is 1. The molecule has 0 saturated carbocycles. The Morgan fingerprint density at radius 2 is 2.06 bits per heavy atom. The molecule has 1 aliphatic rings. The van der Waals surface area contributed by atoms with Gasteiger partial charge >= 0.3 is 0 Å². The smallest absolute Gasteiger partial charge is 0.253 e. The van der Waals surface area contributed by atoms with E-state index in [2.05, 4.69) is 26.1 Å². The fourth-order valence-electron chi connectivity index (χ4n) is 2.27. The van der Waals surface area contributed by atoms with Crippen LogP contribution in [-0.2, 0) is 6.42 Å². The molecule has 3 heteroatoms. The number of rotatable bonds is 3. The first-order valence-electron chi connectivity index (χ1n) is 6.64. The van der Waals surface area contributed by atoms with E-state index in [0.717, 1.165) is 18.5 Å². The molecule has 1 N–H and O–H groups in total. The number of carbonyl (C=O) groups is 1. The molecule has 1 amide bonds. The Bertz CT molecular complexity index is 454. The highest BCUT2D eigenvalue weighted by atomic mass is 16.2. The topological polar surface area (TPSA) is 32.3 Å². The lowest BCUT2D eigenvalue weighted by Crippen LogP contribution is -2.38. The number of benzene rings is 1. The molecule has 1 heterocycles. The molecule has 98 valence electrons. The molecular formula is C15H22N2O. The van der Waals surface area contributed by atoms with Crippen LogP contribution < -0.4 is 5.32 Å². The van der Waals surface area contributed by atoms with Gasteiger partial charge in [0.1, 0.15) is 0 Å². The molecule has 0 aliphatic carbocycles. The predicted molar refractivity (Wildman–Crippen MR) is 75.0 cm³/mol. The van der Waals surface area contributed by atoms with Gasteiger partial charge in [0, 0.05) is 30.9 Å². The summed E-state index contributed by atoms with van der Waals surface area (Å²) in [7, 11) is 1.89. The largest absolute Gasteiger partial charge is 0.384 e. The molecule has 0 bridgehead atoms. The van der Waals surface area contributed by atoms with Crippen LogP contribution in [0.3, 0.4) is 0 Å². The van der Waals surface area contributed by atoms with E-state index in [0.29, 0.717) is 5.92 Å². The number of carbonyl (C=O) groups excluding carboxylic acids is 1.